The number of nitro groups is 1. The highest BCUT2D eigenvalue weighted by Crippen LogP contribution is 2.34. The molecule has 1 aromatic heterocycles. The molecule has 0 aliphatic carbocycles. The van der Waals surface area contributed by atoms with Gasteiger partial charge in [0.15, 0.2) is 0 Å². The maximum atomic E-state index is 11.8. The predicted molar refractivity (Wildman–Crippen MR) is 116 cm³/mol. The molecule has 0 fully saturated rings. The number of hydrogen-bond acceptors (Lipinski definition) is 6. The summed E-state index contributed by atoms with van der Waals surface area (Å²) in [7, 11) is 0. The monoisotopic (exact) mass is 411 g/mol. The van der Waals surface area contributed by atoms with Gasteiger partial charge in [0.25, 0.3) is 0 Å². The lowest BCUT2D eigenvalue weighted by Gasteiger charge is -2.12. The third-order valence-electron chi connectivity index (χ3n) is 4.49. The second-order valence-corrected chi connectivity index (χ2v) is 7.12. The Labute approximate surface area is 174 Å². The molecule has 2 N–H and O–H groups in total. The molecule has 0 aliphatic heterocycles. The highest BCUT2D eigenvalue weighted by molar-refractivity contribution is 6.30. The van der Waals surface area contributed by atoms with Crippen LogP contribution in [0.15, 0.2) is 48.8 Å². The maximum absolute atomic E-state index is 11.8. The summed E-state index contributed by atoms with van der Waals surface area (Å²) in [5, 5.41) is 18.3. The molecule has 0 aliphatic rings. The van der Waals surface area contributed by atoms with Crippen LogP contribution in [-0.2, 0) is 6.42 Å². The number of aryl methyl sites for hydroxylation is 2. The Balaban J connectivity index is 1.89. The summed E-state index contributed by atoms with van der Waals surface area (Å²) in [4.78, 5) is 19.4. The second-order valence-electron chi connectivity index (χ2n) is 6.69. The van der Waals surface area contributed by atoms with Crippen molar-refractivity contribution in [2.24, 2.45) is 0 Å². The number of hydrogen-bond donors (Lipinski definition) is 2. The standard InChI is InChI=1S/C21H22ClN5O2/c1-3-4-5-15-7-10-17(11-8-15)25-20-19(27(28)29)21(24-13-23-20)26-18-12-16(22)9-6-14(18)2/h6-13H,3-5H2,1-2H3,(H2,23,24,25,26). The summed E-state index contributed by atoms with van der Waals surface area (Å²) >= 11 is 6.05. The zero-order valence-corrected chi connectivity index (χ0v) is 17.0. The molecule has 0 saturated heterocycles. The Bertz CT molecular complexity index is 1010. The van der Waals surface area contributed by atoms with E-state index in [1.54, 1.807) is 12.1 Å². The number of halogens is 1. The molecular weight excluding hydrogens is 390 g/mol. The Morgan fingerprint density at radius 1 is 1.07 bits per heavy atom. The van der Waals surface area contributed by atoms with Gasteiger partial charge in [-0.25, -0.2) is 9.97 Å². The van der Waals surface area contributed by atoms with Gasteiger partial charge in [0.2, 0.25) is 11.6 Å². The molecule has 0 unspecified atom stereocenters. The summed E-state index contributed by atoms with van der Waals surface area (Å²) in [5.74, 6) is 0.214. The van der Waals surface area contributed by atoms with E-state index >= 15 is 0 Å². The van der Waals surface area contributed by atoms with Crippen molar-refractivity contribution in [1.82, 2.24) is 9.97 Å². The van der Waals surface area contributed by atoms with Crippen LogP contribution in [0.25, 0.3) is 0 Å². The minimum Gasteiger partial charge on any atom is -0.334 e. The fraction of sp³-hybridized carbons (Fsp3) is 0.238. The Kier molecular flexibility index (Phi) is 6.61. The van der Waals surface area contributed by atoms with E-state index < -0.39 is 4.92 Å². The molecule has 3 aromatic rings. The minimum absolute atomic E-state index is 0.0948. The number of nitrogens with zero attached hydrogens (tertiary/aromatic N) is 3. The van der Waals surface area contributed by atoms with E-state index in [-0.39, 0.29) is 17.3 Å². The van der Waals surface area contributed by atoms with Crippen molar-refractivity contribution in [2.45, 2.75) is 33.1 Å². The predicted octanol–water partition coefficient (Wildman–Crippen LogP) is 6.18. The molecule has 3 rings (SSSR count). The minimum atomic E-state index is -0.500. The van der Waals surface area contributed by atoms with Gasteiger partial charge in [-0.2, -0.15) is 0 Å². The topological polar surface area (TPSA) is 93.0 Å². The van der Waals surface area contributed by atoms with Crippen molar-refractivity contribution in [3.05, 3.63) is 75.1 Å². The van der Waals surface area contributed by atoms with Crippen LogP contribution in [0.3, 0.4) is 0 Å². The highest BCUT2D eigenvalue weighted by atomic mass is 35.5. The van der Waals surface area contributed by atoms with Crippen LogP contribution >= 0.6 is 11.6 Å². The molecule has 8 heteroatoms. The highest BCUT2D eigenvalue weighted by Gasteiger charge is 2.23. The van der Waals surface area contributed by atoms with E-state index in [0.29, 0.717) is 10.7 Å². The average molecular weight is 412 g/mol. The van der Waals surface area contributed by atoms with Gasteiger partial charge in [-0.05, 0) is 55.2 Å². The molecule has 150 valence electrons. The number of benzene rings is 2. The van der Waals surface area contributed by atoms with E-state index in [0.717, 1.165) is 30.5 Å². The van der Waals surface area contributed by atoms with Crippen LogP contribution in [0.1, 0.15) is 30.9 Å². The average Bonchev–Trinajstić information content (AvgIpc) is 2.70. The van der Waals surface area contributed by atoms with Gasteiger partial charge in [-0.1, -0.05) is 43.1 Å². The van der Waals surface area contributed by atoms with Gasteiger partial charge < -0.3 is 10.6 Å². The first-order chi connectivity index (χ1) is 14.0. The first-order valence-corrected chi connectivity index (χ1v) is 9.74. The first-order valence-electron chi connectivity index (χ1n) is 9.36. The maximum Gasteiger partial charge on any atom is 0.353 e. The van der Waals surface area contributed by atoms with E-state index in [1.165, 1.54) is 11.9 Å². The van der Waals surface area contributed by atoms with Crippen LogP contribution in [0.5, 0.6) is 0 Å². The lowest BCUT2D eigenvalue weighted by molar-refractivity contribution is -0.383. The summed E-state index contributed by atoms with van der Waals surface area (Å²) in [5.41, 5.74) is 3.25. The van der Waals surface area contributed by atoms with E-state index in [4.69, 9.17) is 11.6 Å². The SMILES string of the molecule is CCCCc1ccc(Nc2ncnc(Nc3cc(Cl)ccc3C)c2[N+](=O)[O-])cc1. The van der Waals surface area contributed by atoms with Crippen molar-refractivity contribution in [3.8, 4) is 0 Å². The summed E-state index contributed by atoms with van der Waals surface area (Å²) in [6.07, 6.45) is 4.56. The Hall–Kier alpha value is -3.19. The Morgan fingerprint density at radius 3 is 2.41 bits per heavy atom. The number of nitrogens with one attached hydrogen (secondary N) is 2. The smallest absolute Gasteiger partial charge is 0.334 e. The lowest BCUT2D eigenvalue weighted by atomic mass is 10.1. The fourth-order valence-electron chi connectivity index (χ4n) is 2.86. The molecular formula is C21H22ClN5O2. The second kappa shape index (κ2) is 9.34. The molecule has 1 heterocycles. The molecule has 0 amide bonds. The third-order valence-corrected chi connectivity index (χ3v) is 4.73. The molecule has 0 radical (unpaired) electrons. The molecule has 0 saturated carbocycles. The van der Waals surface area contributed by atoms with E-state index in [1.807, 2.05) is 37.3 Å². The van der Waals surface area contributed by atoms with Crippen molar-refractivity contribution in [2.75, 3.05) is 10.6 Å². The summed E-state index contributed by atoms with van der Waals surface area (Å²) in [6.45, 7) is 4.03. The summed E-state index contributed by atoms with van der Waals surface area (Å²) in [6, 6.07) is 13.1. The first kappa shape index (κ1) is 20.5. The number of anilines is 4. The quantitative estimate of drug-likeness (QED) is 0.339. The third kappa shape index (κ3) is 5.20. The van der Waals surface area contributed by atoms with Gasteiger partial charge in [-0.15, -0.1) is 0 Å². The number of rotatable bonds is 8. The van der Waals surface area contributed by atoms with Crippen LogP contribution in [0.2, 0.25) is 5.02 Å². The van der Waals surface area contributed by atoms with Crippen molar-refractivity contribution in [1.29, 1.82) is 0 Å². The van der Waals surface area contributed by atoms with Gasteiger partial charge >= 0.3 is 5.69 Å². The zero-order valence-electron chi connectivity index (χ0n) is 16.3. The van der Waals surface area contributed by atoms with Gasteiger partial charge in [0, 0.05) is 16.4 Å². The van der Waals surface area contributed by atoms with Crippen LogP contribution in [0.4, 0.5) is 28.7 Å². The normalized spacial score (nSPS) is 10.6. The fourth-order valence-corrected chi connectivity index (χ4v) is 3.04. The van der Waals surface area contributed by atoms with Gasteiger partial charge in [0.05, 0.1) is 4.92 Å². The molecule has 2 aromatic carbocycles. The van der Waals surface area contributed by atoms with E-state index in [2.05, 4.69) is 27.5 Å². The number of unbranched alkanes of at least 4 members (excludes halogenated alkanes) is 1. The molecule has 0 spiro atoms. The largest absolute Gasteiger partial charge is 0.353 e. The molecule has 0 bridgehead atoms. The van der Waals surface area contributed by atoms with Gasteiger partial charge in [0.1, 0.15) is 6.33 Å². The number of aromatic nitrogens is 2. The van der Waals surface area contributed by atoms with Crippen LogP contribution in [-0.4, -0.2) is 14.9 Å². The Morgan fingerprint density at radius 2 is 1.76 bits per heavy atom. The molecule has 29 heavy (non-hydrogen) atoms. The molecule has 7 nitrogen and oxygen atoms in total. The zero-order chi connectivity index (χ0) is 20.8. The van der Waals surface area contributed by atoms with Gasteiger partial charge in [-0.3, -0.25) is 10.1 Å². The van der Waals surface area contributed by atoms with Crippen LogP contribution < -0.4 is 10.6 Å². The van der Waals surface area contributed by atoms with E-state index in [9.17, 15) is 10.1 Å². The van der Waals surface area contributed by atoms with Crippen molar-refractivity contribution >= 4 is 40.3 Å². The molecule has 0 atom stereocenters. The lowest BCUT2D eigenvalue weighted by Crippen LogP contribution is -2.06. The summed E-state index contributed by atoms with van der Waals surface area (Å²) < 4.78 is 0. The van der Waals surface area contributed by atoms with Crippen molar-refractivity contribution < 1.29 is 4.92 Å². The van der Waals surface area contributed by atoms with Crippen molar-refractivity contribution in [3.63, 3.8) is 0 Å². The van der Waals surface area contributed by atoms with Crippen LogP contribution in [0, 0.1) is 17.0 Å².